The molecule has 7 nitrogen and oxygen atoms in total. The Bertz CT molecular complexity index is 798. The third-order valence-corrected chi connectivity index (χ3v) is 4.05. The summed E-state index contributed by atoms with van der Waals surface area (Å²) in [6.45, 7) is 6.60. The first-order valence-electron chi connectivity index (χ1n) is 8.49. The average molecular weight is 373 g/mol. The van der Waals surface area contributed by atoms with E-state index >= 15 is 0 Å². The van der Waals surface area contributed by atoms with Crippen LogP contribution in [-0.2, 0) is 17.7 Å². The predicted octanol–water partition coefficient (Wildman–Crippen LogP) is 3.51. The molecular formula is C18H23N5O2S. The van der Waals surface area contributed by atoms with Crippen LogP contribution in [0.5, 0.6) is 0 Å². The Balaban J connectivity index is 1.62. The summed E-state index contributed by atoms with van der Waals surface area (Å²) in [7, 11) is 0. The van der Waals surface area contributed by atoms with Crippen molar-refractivity contribution in [2.24, 2.45) is 0 Å². The molecule has 1 aliphatic rings. The summed E-state index contributed by atoms with van der Waals surface area (Å²) < 4.78 is 5.44. The van der Waals surface area contributed by atoms with Crippen LogP contribution in [0.3, 0.4) is 0 Å². The number of carbonyl (C=O) groups excluding carboxylic acids is 1. The number of para-hydroxylation sites is 1. The molecule has 138 valence electrons. The summed E-state index contributed by atoms with van der Waals surface area (Å²) in [5.41, 5.74) is 2.34. The molecule has 0 radical (unpaired) electrons. The van der Waals surface area contributed by atoms with E-state index in [0.29, 0.717) is 30.4 Å². The van der Waals surface area contributed by atoms with Crippen LogP contribution in [-0.4, -0.2) is 38.4 Å². The topological polar surface area (TPSA) is 82.3 Å². The third kappa shape index (κ3) is 4.51. The SMILES string of the molecule is CC(C)(C)OC(=O)N1CCc2c(NC(=S)Nc3ccccc3)n[nH]c2C1. The van der Waals surface area contributed by atoms with Gasteiger partial charge in [-0.15, -0.1) is 0 Å². The lowest BCUT2D eigenvalue weighted by molar-refractivity contribution is 0.0221. The number of ether oxygens (including phenoxy) is 1. The number of nitrogens with zero attached hydrogens (tertiary/aromatic N) is 2. The molecule has 3 N–H and O–H groups in total. The van der Waals surface area contributed by atoms with Gasteiger partial charge in [0.1, 0.15) is 5.60 Å². The zero-order chi connectivity index (χ0) is 18.7. The minimum Gasteiger partial charge on any atom is -0.444 e. The summed E-state index contributed by atoms with van der Waals surface area (Å²) in [6, 6.07) is 9.70. The van der Waals surface area contributed by atoms with Crippen LogP contribution < -0.4 is 10.6 Å². The molecule has 2 aromatic rings. The minimum atomic E-state index is -0.507. The number of aromatic nitrogens is 2. The first-order valence-corrected chi connectivity index (χ1v) is 8.90. The fourth-order valence-electron chi connectivity index (χ4n) is 2.70. The number of fused-ring (bicyclic) bond motifs is 1. The third-order valence-electron chi connectivity index (χ3n) is 3.85. The van der Waals surface area contributed by atoms with Gasteiger partial charge < -0.3 is 20.3 Å². The maximum atomic E-state index is 12.2. The van der Waals surface area contributed by atoms with Crippen LogP contribution in [0.2, 0.25) is 0 Å². The van der Waals surface area contributed by atoms with E-state index in [2.05, 4.69) is 20.8 Å². The molecule has 1 amide bonds. The molecule has 26 heavy (non-hydrogen) atoms. The number of anilines is 2. The van der Waals surface area contributed by atoms with Gasteiger partial charge in [-0.2, -0.15) is 5.10 Å². The van der Waals surface area contributed by atoms with Crippen molar-refractivity contribution in [3.63, 3.8) is 0 Å². The van der Waals surface area contributed by atoms with E-state index in [-0.39, 0.29) is 6.09 Å². The lowest BCUT2D eigenvalue weighted by Crippen LogP contribution is -2.40. The van der Waals surface area contributed by atoms with E-state index in [0.717, 1.165) is 16.9 Å². The van der Waals surface area contributed by atoms with Crippen LogP contribution in [0, 0.1) is 0 Å². The highest BCUT2D eigenvalue weighted by Gasteiger charge is 2.28. The zero-order valence-corrected chi connectivity index (χ0v) is 15.9. The molecule has 0 saturated carbocycles. The molecule has 0 aliphatic carbocycles. The van der Waals surface area contributed by atoms with Crippen LogP contribution in [0.25, 0.3) is 0 Å². The van der Waals surface area contributed by atoms with Crippen LogP contribution in [0.15, 0.2) is 30.3 Å². The second kappa shape index (κ2) is 7.33. The largest absolute Gasteiger partial charge is 0.444 e. The molecule has 2 heterocycles. The van der Waals surface area contributed by atoms with Gasteiger partial charge in [0.25, 0.3) is 0 Å². The molecule has 0 bridgehead atoms. The molecule has 0 spiro atoms. The van der Waals surface area contributed by atoms with Crippen molar-refractivity contribution in [1.82, 2.24) is 15.1 Å². The van der Waals surface area contributed by atoms with E-state index in [9.17, 15) is 4.79 Å². The number of amides is 1. The Morgan fingerprint density at radius 2 is 2.00 bits per heavy atom. The molecule has 1 aromatic carbocycles. The second-order valence-corrected chi connectivity index (χ2v) is 7.53. The lowest BCUT2D eigenvalue weighted by atomic mass is 10.1. The van der Waals surface area contributed by atoms with Crippen molar-refractivity contribution in [1.29, 1.82) is 0 Å². The number of carbonyl (C=O) groups is 1. The van der Waals surface area contributed by atoms with Gasteiger partial charge in [-0.05, 0) is 51.5 Å². The van der Waals surface area contributed by atoms with Gasteiger partial charge in [0, 0.05) is 17.8 Å². The predicted molar refractivity (Wildman–Crippen MR) is 105 cm³/mol. The van der Waals surface area contributed by atoms with Gasteiger partial charge >= 0.3 is 6.09 Å². The van der Waals surface area contributed by atoms with Gasteiger partial charge in [0.05, 0.1) is 12.2 Å². The number of hydrogen-bond donors (Lipinski definition) is 3. The highest BCUT2D eigenvalue weighted by Crippen LogP contribution is 2.25. The van der Waals surface area contributed by atoms with Crippen molar-refractivity contribution in [3.05, 3.63) is 41.6 Å². The number of rotatable bonds is 2. The van der Waals surface area contributed by atoms with Crippen molar-refractivity contribution < 1.29 is 9.53 Å². The van der Waals surface area contributed by atoms with E-state index in [1.54, 1.807) is 4.90 Å². The van der Waals surface area contributed by atoms with Crippen molar-refractivity contribution in [2.75, 3.05) is 17.2 Å². The standard InChI is InChI=1S/C18H23N5O2S/c1-18(2,3)25-17(24)23-10-9-13-14(11-23)21-22-15(13)20-16(26)19-12-7-5-4-6-8-12/h4-8H,9-11H2,1-3H3,(H3,19,20,21,22,26). The first-order chi connectivity index (χ1) is 12.3. The number of thiocarbonyl (C=S) groups is 1. The maximum absolute atomic E-state index is 12.2. The molecule has 0 atom stereocenters. The van der Waals surface area contributed by atoms with E-state index in [1.165, 1.54) is 0 Å². The molecule has 1 aliphatic heterocycles. The van der Waals surface area contributed by atoms with Crippen molar-refractivity contribution >= 4 is 34.9 Å². The Hall–Kier alpha value is -2.61. The summed E-state index contributed by atoms with van der Waals surface area (Å²) in [5.74, 6) is 0.692. The molecule has 0 unspecified atom stereocenters. The Labute approximate surface area is 158 Å². The molecule has 1 aromatic heterocycles. The Morgan fingerprint density at radius 3 is 2.69 bits per heavy atom. The highest BCUT2D eigenvalue weighted by molar-refractivity contribution is 7.80. The quantitative estimate of drug-likeness (QED) is 0.699. The molecule has 8 heteroatoms. The molecular weight excluding hydrogens is 350 g/mol. The monoisotopic (exact) mass is 373 g/mol. The van der Waals surface area contributed by atoms with Crippen LogP contribution in [0.1, 0.15) is 32.0 Å². The average Bonchev–Trinajstić information content (AvgIpc) is 2.96. The summed E-state index contributed by atoms with van der Waals surface area (Å²) in [6.07, 6.45) is 0.370. The van der Waals surface area contributed by atoms with E-state index < -0.39 is 5.60 Å². The summed E-state index contributed by atoms with van der Waals surface area (Å²) in [5, 5.41) is 14.0. The zero-order valence-electron chi connectivity index (χ0n) is 15.1. The number of hydrogen-bond acceptors (Lipinski definition) is 4. The Morgan fingerprint density at radius 1 is 1.27 bits per heavy atom. The van der Waals surface area contributed by atoms with Crippen molar-refractivity contribution in [3.8, 4) is 0 Å². The van der Waals surface area contributed by atoms with Gasteiger partial charge in [-0.3, -0.25) is 5.10 Å². The van der Waals surface area contributed by atoms with Gasteiger partial charge in [-0.25, -0.2) is 4.79 Å². The lowest BCUT2D eigenvalue weighted by Gasteiger charge is -2.29. The van der Waals surface area contributed by atoms with Gasteiger partial charge in [0.2, 0.25) is 0 Å². The van der Waals surface area contributed by atoms with Crippen molar-refractivity contribution in [2.45, 2.75) is 39.3 Å². The van der Waals surface area contributed by atoms with E-state index in [4.69, 9.17) is 17.0 Å². The summed E-state index contributed by atoms with van der Waals surface area (Å²) >= 11 is 5.35. The molecule has 0 saturated heterocycles. The molecule has 3 rings (SSSR count). The number of benzene rings is 1. The number of H-pyrrole nitrogens is 1. The normalized spacial score (nSPS) is 13.7. The second-order valence-electron chi connectivity index (χ2n) is 7.13. The van der Waals surface area contributed by atoms with Gasteiger partial charge in [0.15, 0.2) is 10.9 Å². The van der Waals surface area contributed by atoms with Crippen LogP contribution >= 0.6 is 12.2 Å². The minimum absolute atomic E-state index is 0.312. The number of nitrogens with one attached hydrogen (secondary N) is 3. The fourth-order valence-corrected chi connectivity index (χ4v) is 2.91. The molecule has 0 fully saturated rings. The Kier molecular flexibility index (Phi) is 5.13. The first kappa shape index (κ1) is 18.2. The van der Waals surface area contributed by atoms with E-state index in [1.807, 2.05) is 51.1 Å². The van der Waals surface area contributed by atoms with Gasteiger partial charge in [-0.1, -0.05) is 18.2 Å². The highest BCUT2D eigenvalue weighted by atomic mass is 32.1. The smallest absolute Gasteiger partial charge is 0.410 e. The van der Waals surface area contributed by atoms with Crippen LogP contribution in [0.4, 0.5) is 16.3 Å². The summed E-state index contributed by atoms with van der Waals surface area (Å²) in [4.78, 5) is 13.9. The fraction of sp³-hybridized carbons (Fsp3) is 0.389. The maximum Gasteiger partial charge on any atom is 0.410 e. The number of aromatic amines is 1.